The van der Waals surface area contributed by atoms with Gasteiger partial charge < -0.3 is 15.6 Å². The molecule has 2 aliphatic heterocycles. The highest BCUT2D eigenvalue weighted by atomic mass is 19.1. The summed E-state index contributed by atoms with van der Waals surface area (Å²) in [7, 11) is 0. The van der Waals surface area contributed by atoms with E-state index in [4.69, 9.17) is 10.5 Å². The van der Waals surface area contributed by atoms with Crippen molar-refractivity contribution >= 4 is 0 Å². The second kappa shape index (κ2) is 7.18. The maximum atomic E-state index is 14.1. The Bertz CT molecular complexity index is 841. The van der Waals surface area contributed by atoms with E-state index < -0.39 is 29.4 Å². The van der Waals surface area contributed by atoms with Gasteiger partial charge in [-0.15, -0.1) is 0 Å². The summed E-state index contributed by atoms with van der Waals surface area (Å²) in [5.74, 6) is -0.996. The van der Waals surface area contributed by atoms with Gasteiger partial charge in [-0.3, -0.25) is 9.58 Å². The van der Waals surface area contributed by atoms with E-state index in [0.29, 0.717) is 26.1 Å². The van der Waals surface area contributed by atoms with Crippen LogP contribution in [0.4, 0.5) is 8.78 Å². The van der Waals surface area contributed by atoms with Gasteiger partial charge in [0.15, 0.2) is 0 Å². The van der Waals surface area contributed by atoms with E-state index in [1.54, 1.807) is 18.5 Å². The molecular weight excluding hydrogens is 366 g/mol. The third-order valence-corrected chi connectivity index (χ3v) is 5.38. The molecule has 6 nitrogen and oxygen atoms in total. The number of aromatic nitrogens is 2. The number of nitrogens with two attached hydrogens (primary N) is 1. The molecule has 0 spiro atoms. The molecule has 28 heavy (non-hydrogen) atoms. The van der Waals surface area contributed by atoms with Crippen LogP contribution in [0.5, 0.6) is 0 Å². The van der Waals surface area contributed by atoms with Gasteiger partial charge in [0.2, 0.25) is 0 Å². The Morgan fingerprint density at radius 1 is 1.32 bits per heavy atom. The predicted octanol–water partition coefficient (Wildman–Crippen LogP) is 2.11. The fraction of sp³-hybridized carbons (Fsp3) is 0.550. The first-order chi connectivity index (χ1) is 13.2. The van der Waals surface area contributed by atoms with Gasteiger partial charge in [-0.2, -0.15) is 5.10 Å². The molecule has 3 heterocycles. The first-order valence-electron chi connectivity index (χ1n) is 9.53. The van der Waals surface area contributed by atoms with Crippen LogP contribution < -0.4 is 5.73 Å². The summed E-state index contributed by atoms with van der Waals surface area (Å²) in [6, 6.07) is 3.04. The first kappa shape index (κ1) is 19.4. The van der Waals surface area contributed by atoms with Crippen LogP contribution in [0.3, 0.4) is 0 Å². The highest BCUT2D eigenvalue weighted by Crippen LogP contribution is 2.34. The van der Waals surface area contributed by atoms with E-state index >= 15 is 0 Å². The lowest BCUT2D eigenvalue weighted by molar-refractivity contribution is -0.0534. The summed E-state index contributed by atoms with van der Waals surface area (Å²) in [6.07, 6.45) is 1.96. The number of rotatable bonds is 4. The molecule has 0 aliphatic carbocycles. The smallest absolute Gasteiger partial charge is 0.129 e. The summed E-state index contributed by atoms with van der Waals surface area (Å²) in [5.41, 5.74) is 7.77. The number of hydrogen-bond donors (Lipinski definition) is 2. The van der Waals surface area contributed by atoms with Gasteiger partial charge in [-0.1, -0.05) is 0 Å². The van der Waals surface area contributed by atoms with Crippen LogP contribution in [0.15, 0.2) is 24.4 Å². The number of ether oxygens (including phenoxy) is 1. The van der Waals surface area contributed by atoms with Crippen molar-refractivity contribution in [3.8, 4) is 0 Å². The molecule has 4 rings (SSSR count). The largest absolute Gasteiger partial charge is 0.389 e. The number of nitrogens with zero attached hydrogens (tertiary/aromatic N) is 3. The molecule has 1 saturated heterocycles. The van der Waals surface area contributed by atoms with Gasteiger partial charge in [0.1, 0.15) is 17.7 Å². The van der Waals surface area contributed by atoms with Gasteiger partial charge in [-0.05, 0) is 38.5 Å². The molecule has 3 N–H and O–H groups in total. The maximum absolute atomic E-state index is 14.1. The van der Waals surface area contributed by atoms with E-state index in [0.717, 1.165) is 36.0 Å². The third-order valence-electron chi connectivity index (χ3n) is 5.38. The number of benzene rings is 1. The lowest BCUT2D eigenvalue weighted by Gasteiger charge is -2.38. The van der Waals surface area contributed by atoms with Gasteiger partial charge in [0.25, 0.3) is 0 Å². The molecule has 0 radical (unpaired) electrons. The van der Waals surface area contributed by atoms with E-state index in [1.807, 2.05) is 6.20 Å². The van der Waals surface area contributed by atoms with Crippen molar-refractivity contribution in [2.75, 3.05) is 6.61 Å². The predicted molar refractivity (Wildman–Crippen MR) is 99.2 cm³/mol. The second-order valence-electron chi connectivity index (χ2n) is 8.49. The lowest BCUT2D eigenvalue weighted by atomic mass is 9.93. The normalized spacial score (nSPS) is 25.9. The summed E-state index contributed by atoms with van der Waals surface area (Å²) in [6.45, 7) is 5.78. The molecule has 2 aliphatic rings. The number of halogens is 2. The fourth-order valence-corrected chi connectivity index (χ4v) is 4.12. The van der Waals surface area contributed by atoms with E-state index in [2.05, 4.69) is 10.00 Å². The summed E-state index contributed by atoms with van der Waals surface area (Å²) in [4.78, 5) is 2.25. The minimum Gasteiger partial charge on any atom is -0.389 e. The molecule has 0 amide bonds. The molecule has 3 atom stereocenters. The Morgan fingerprint density at radius 3 is 2.79 bits per heavy atom. The standard InChI is InChI=1S/C20H26F2N4O2/c1-20(2,27)11-26-8-12-7-25(9-18(12)24-26)14-6-17(23)19(28-10-14)15-5-13(21)3-4-16(15)22/h3-5,8,14,17,19,27H,6-7,9-11,23H2,1-2H3/t14?,17-,19?/m0/s1. The van der Waals surface area contributed by atoms with Crippen molar-refractivity contribution in [1.82, 2.24) is 14.7 Å². The van der Waals surface area contributed by atoms with Gasteiger partial charge >= 0.3 is 0 Å². The molecular formula is C20H26F2N4O2. The zero-order valence-electron chi connectivity index (χ0n) is 16.1. The topological polar surface area (TPSA) is 76.5 Å². The Labute approximate surface area is 162 Å². The summed E-state index contributed by atoms with van der Waals surface area (Å²) >= 11 is 0. The third kappa shape index (κ3) is 3.96. The molecule has 2 unspecified atom stereocenters. The molecule has 0 saturated carbocycles. The van der Waals surface area contributed by atoms with Crippen molar-refractivity contribution in [1.29, 1.82) is 0 Å². The number of fused-ring (bicyclic) bond motifs is 1. The fourth-order valence-electron chi connectivity index (χ4n) is 4.12. The van der Waals surface area contributed by atoms with E-state index in [-0.39, 0.29) is 11.6 Å². The van der Waals surface area contributed by atoms with Crippen molar-refractivity contribution in [2.24, 2.45) is 5.73 Å². The molecule has 1 aromatic carbocycles. The van der Waals surface area contributed by atoms with Crippen LogP contribution in [-0.2, 0) is 24.4 Å². The average Bonchev–Trinajstić information content (AvgIpc) is 3.14. The summed E-state index contributed by atoms with van der Waals surface area (Å²) in [5, 5.41) is 14.5. The Hall–Kier alpha value is -1.87. The Kier molecular flexibility index (Phi) is 4.99. The molecule has 2 aromatic rings. The van der Waals surface area contributed by atoms with Crippen molar-refractivity contribution < 1.29 is 18.6 Å². The molecule has 152 valence electrons. The van der Waals surface area contributed by atoms with Crippen molar-refractivity contribution in [3.63, 3.8) is 0 Å². The average molecular weight is 392 g/mol. The zero-order chi connectivity index (χ0) is 20.1. The van der Waals surface area contributed by atoms with E-state index in [9.17, 15) is 13.9 Å². The minimum absolute atomic E-state index is 0.0970. The highest BCUT2D eigenvalue weighted by Gasteiger charge is 2.37. The van der Waals surface area contributed by atoms with Gasteiger partial charge in [0, 0.05) is 42.5 Å². The number of hydrogen-bond acceptors (Lipinski definition) is 5. The molecule has 1 fully saturated rings. The minimum atomic E-state index is -0.815. The van der Waals surface area contributed by atoms with Crippen LogP contribution in [-0.4, -0.2) is 44.1 Å². The van der Waals surface area contributed by atoms with Crippen molar-refractivity contribution in [3.05, 3.63) is 52.9 Å². The van der Waals surface area contributed by atoms with E-state index in [1.165, 1.54) is 0 Å². The van der Waals surface area contributed by atoms with Crippen LogP contribution in [0.25, 0.3) is 0 Å². The molecule has 8 heteroatoms. The van der Waals surface area contributed by atoms with Crippen LogP contribution >= 0.6 is 0 Å². The maximum Gasteiger partial charge on any atom is 0.129 e. The molecule has 0 bridgehead atoms. The second-order valence-corrected chi connectivity index (χ2v) is 8.49. The number of aliphatic hydroxyl groups is 1. The Morgan fingerprint density at radius 2 is 2.11 bits per heavy atom. The monoisotopic (exact) mass is 392 g/mol. The van der Waals surface area contributed by atoms with Gasteiger partial charge in [0.05, 0.1) is 24.4 Å². The van der Waals surface area contributed by atoms with Crippen LogP contribution in [0.2, 0.25) is 0 Å². The van der Waals surface area contributed by atoms with Crippen LogP contribution in [0, 0.1) is 11.6 Å². The van der Waals surface area contributed by atoms with Crippen molar-refractivity contribution in [2.45, 2.75) is 63.7 Å². The van der Waals surface area contributed by atoms with Crippen LogP contribution in [0.1, 0.15) is 43.2 Å². The Balaban J connectivity index is 1.40. The van der Waals surface area contributed by atoms with Gasteiger partial charge in [-0.25, -0.2) is 8.78 Å². The summed E-state index contributed by atoms with van der Waals surface area (Å²) < 4.78 is 35.2. The first-order valence-corrected chi connectivity index (χ1v) is 9.53. The SMILES string of the molecule is CC(C)(O)Cn1cc2c(n1)CN(C1COC(c3cc(F)ccc3F)[C@@H](N)C1)C2. The zero-order valence-corrected chi connectivity index (χ0v) is 16.1. The quantitative estimate of drug-likeness (QED) is 0.834. The molecule has 1 aromatic heterocycles. The lowest BCUT2D eigenvalue weighted by Crippen LogP contribution is -2.47. The highest BCUT2D eigenvalue weighted by molar-refractivity contribution is 5.24.